The molecule has 0 aliphatic rings. The van der Waals surface area contributed by atoms with Crippen molar-refractivity contribution in [2.75, 3.05) is 0 Å². The van der Waals surface area contributed by atoms with Crippen molar-refractivity contribution in [3.63, 3.8) is 0 Å². The Morgan fingerprint density at radius 2 is 2.10 bits per heavy atom. The van der Waals surface area contributed by atoms with Crippen LogP contribution in [0.3, 0.4) is 0 Å². The van der Waals surface area contributed by atoms with E-state index < -0.39 is 0 Å². The summed E-state index contributed by atoms with van der Waals surface area (Å²) in [7, 11) is 0. The highest BCUT2D eigenvalue weighted by molar-refractivity contribution is 9.10. The zero-order valence-electron chi connectivity index (χ0n) is 12.2. The summed E-state index contributed by atoms with van der Waals surface area (Å²) in [4.78, 5) is 4.35. The van der Waals surface area contributed by atoms with E-state index in [-0.39, 0.29) is 6.04 Å². The molecular formula is C15H21BrN4. The quantitative estimate of drug-likeness (QED) is 0.911. The molecule has 0 bridgehead atoms. The number of halogens is 1. The van der Waals surface area contributed by atoms with Crippen LogP contribution in [0.2, 0.25) is 0 Å². The van der Waals surface area contributed by atoms with Gasteiger partial charge in [-0.15, -0.1) is 0 Å². The molecule has 5 heteroatoms. The average molecular weight is 337 g/mol. The Balaban J connectivity index is 2.17. The molecule has 4 nitrogen and oxygen atoms in total. The normalized spacial score (nSPS) is 12.9. The Morgan fingerprint density at radius 1 is 1.35 bits per heavy atom. The third-order valence-electron chi connectivity index (χ3n) is 3.28. The summed E-state index contributed by atoms with van der Waals surface area (Å²) in [6.07, 6.45) is 2.31. The maximum atomic E-state index is 6.35. The van der Waals surface area contributed by atoms with Gasteiger partial charge < -0.3 is 5.73 Å². The third-order valence-corrected chi connectivity index (χ3v) is 3.77. The summed E-state index contributed by atoms with van der Waals surface area (Å²) in [5.74, 6) is 1.49. The fraction of sp³-hybridized carbons (Fsp3) is 0.467. The van der Waals surface area contributed by atoms with Crippen LogP contribution in [-0.2, 0) is 13.0 Å². The van der Waals surface area contributed by atoms with E-state index in [4.69, 9.17) is 5.73 Å². The molecule has 0 saturated carbocycles. The smallest absolute Gasteiger partial charge is 0.138 e. The molecule has 2 aromatic rings. The van der Waals surface area contributed by atoms with Gasteiger partial charge in [0.15, 0.2) is 0 Å². The van der Waals surface area contributed by atoms with Gasteiger partial charge in [-0.05, 0) is 36.1 Å². The second-order valence-corrected chi connectivity index (χ2v) is 6.48. The number of aryl methyl sites for hydroxylation is 1. The lowest BCUT2D eigenvalue weighted by Crippen LogP contribution is -2.19. The van der Waals surface area contributed by atoms with E-state index in [9.17, 15) is 0 Å². The minimum Gasteiger partial charge on any atom is -0.324 e. The SMILES string of the molecule is Cc1ccc(Br)cc1C(N)Cc1ncnn1CC(C)C. The van der Waals surface area contributed by atoms with Gasteiger partial charge in [0.25, 0.3) is 0 Å². The molecule has 1 aromatic heterocycles. The van der Waals surface area contributed by atoms with Gasteiger partial charge in [0.2, 0.25) is 0 Å². The van der Waals surface area contributed by atoms with Crippen LogP contribution in [-0.4, -0.2) is 14.8 Å². The monoisotopic (exact) mass is 336 g/mol. The van der Waals surface area contributed by atoms with Gasteiger partial charge in [-0.1, -0.05) is 35.8 Å². The first-order chi connectivity index (χ1) is 9.47. The molecule has 108 valence electrons. The lowest BCUT2D eigenvalue weighted by molar-refractivity contribution is 0.459. The highest BCUT2D eigenvalue weighted by Gasteiger charge is 2.14. The first-order valence-corrected chi connectivity index (χ1v) is 7.65. The number of hydrogen-bond donors (Lipinski definition) is 1. The van der Waals surface area contributed by atoms with Crippen molar-refractivity contribution in [2.24, 2.45) is 11.7 Å². The molecule has 0 spiro atoms. The second-order valence-electron chi connectivity index (χ2n) is 5.56. The highest BCUT2D eigenvalue weighted by atomic mass is 79.9. The largest absolute Gasteiger partial charge is 0.324 e. The Kier molecular flexibility index (Phi) is 4.94. The predicted octanol–water partition coefficient (Wildman–Crippen LogP) is 3.25. The Bertz CT molecular complexity index is 577. The summed E-state index contributed by atoms with van der Waals surface area (Å²) >= 11 is 3.50. The van der Waals surface area contributed by atoms with E-state index in [1.165, 1.54) is 5.56 Å². The van der Waals surface area contributed by atoms with Crippen LogP contribution in [0, 0.1) is 12.8 Å². The Morgan fingerprint density at radius 3 is 2.80 bits per heavy atom. The molecule has 0 fully saturated rings. The molecule has 20 heavy (non-hydrogen) atoms. The number of nitrogens with two attached hydrogens (primary N) is 1. The first-order valence-electron chi connectivity index (χ1n) is 6.85. The van der Waals surface area contributed by atoms with E-state index >= 15 is 0 Å². The van der Waals surface area contributed by atoms with Crippen molar-refractivity contribution in [1.82, 2.24) is 14.8 Å². The van der Waals surface area contributed by atoms with Crippen molar-refractivity contribution in [3.8, 4) is 0 Å². The molecule has 2 rings (SSSR count). The van der Waals surface area contributed by atoms with Crippen LogP contribution in [0.15, 0.2) is 29.0 Å². The molecule has 1 aromatic carbocycles. The van der Waals surface area contributed by atoms with Crippen molar-refractivity contribution < 1.29 is 0 Å². The lowest BCUT2D eigenvalue weighted by atomic mass is 9.99. The van der Waals surface area contributed by atoms with Crippen LogP contribution in [0.5, 0.6) is 0 Å². The number of aromatic nitrogens is 3. The maximum absolute atomic E-state index is 6.35. The van der Waals surface area contributed by atoms with Crippen molar-refractivity contribution in [3.05, 3.63) is 46.0 Å². The summed E-state index contributed by atoms with van der Waals surface area (Å²) in [6, 6.07) is 6.14. The van der Waals surface area contributed by atoms with Crippen LogP contribution in [0.25, 0.3) is 0 Å². The third kappa shape index (κ3) is 3.67. The Labute approximate surface area is 128 Å². The predicted molar refractivity (Wildman–Crippen MR) is 84.4 cm³/mol. The van der Waals surface area contributed by atoms with E-state index in [0.717, 1.165) is 22.4 Å². The van der Waals surface area contributed by atoms with E-state index in [0.29, 0.717) is 12.3 Å². The van der Waals surface area contributed by atoms with Gasteiger partial charge >= 0.3 is 0 Å². The molecular weight excluding hydrogens is 316 g/mol. The van der Waals surface area contributed by atoms with Gasteiger partial charge in [0.05, 0.1) is 0 Å². The van der Waals surface area contributed by atoms with Gasteiger partial charge in [0.1, 0.15) is 12.2 Å². The van der Waals surface area contributed by atoms with Crippen molar-refractivity contribution in [2.45, 2.75) is 39.8 Å². The molecule has 0 saturated heterocycles. The lowest BCUT2D eigenvalue weighted by Gasteiger charge is -2.16. The fourth-order valence-corrected chi connectivity index (χ4v) is 2.64. The van der Waals surface area contributed by atoms with Gasteiger partial charge in [0, 0.05) is 23.5 Å². The summed E-state index contributed by atoms with van der Waals surface area (Å²) < 4.78 is 3.01. The summed E-state index contributed by atoms with van der Waals surface area (Å²) in [5.41, 5.74) is 8.71. The maximum Gasteiger partial charge on any atom is 0.138 e. The molecule has 1 unspecified atom stereocenters. The topological polar surface area (TPSA) is 56.7 Å². The first kappa shape index (κ1) is 15.2. The van der Waals surface area contributed by atoms with Crippen LogP contribution < -0.4 is 5.73 Å². The average Bonchev–Trinajstić information content (AvgIpc) is 2.78. The molecule has 0 radical (unpaired) electrons. The van der Waals surface area contributed by atoms with E-state index in [1.807, 2.05) is 10.7 Å². The zero-order chi connectivity index (χ0) is 14.7. The van der Waals surface area contributed by atoms with Crippen LogP contribution in [0.4, 0.5) is 0 Å². The van der Waals surface area contributed by atoms with Crippen molar-refractivity contribution in [1.29, 1.82) is 0 Å². The standard InChI is InChI=1S/C15H21BrN4/c1-10(2)8-20-15(18-9-19-20)7-14(17)13-6-12(16)5-4-11(13)3/h4-6,9-10,14H,7-8,17H2,1-3H3. The van der Waals surface area contributed by atoms with Crippen molar-refractivity contribution >= 4 is 15.9 Å². The molecule has 2 N–H and O–H groups in total. The van der Waals surface area contributed by atoms with Gasteiger partial charge in [-0.25, -0.2) is 9.67 Å². The number of hydrogen-bond acceptors (Lipinski definition) is 3. The van der Waals surface area contributed by atoms with E-state index in [1.54, 1.807) is 6.33 Å². The van der Waals surface area contributed by atoms with Crippen LogP contribution in [0.1, 0.15) is 36.8 Å². The van der Waals surface area contributed by atoms with Gasteiger partial charge in [-0.2, -0.15) is 5.10 Å². The highest BCUT2D eigenvalue weighted by Crippen LogP contribution is 2.23. The molecule has 0 aliphatic heterocycles. The summed E-state index contributed by atoms with van der Waals surface area (Å²) in [6.45, 7) is 7.30. The van der Waals surface area contributed by atoms with Gasteiger partial charge in [-0.3, -0.25) is 0 Å². The second kappa shape index (κ2) is 6.50. The fourth-order valence-electron chi connectivity index (χ4n) is 2.26. The zero-order valence-corrected chi connectivity index (χ0v) is 13.8. The molecule has 0 amide bonds. The molecule has 1 atom stereocenters. The van der Waals surface area contributed by atoms with E-state index in [2.05, 4.69) is 58.9 Å². The minimum atomic E-state index is -0.0670. The summed E-state index contributed by atoms with van der Waals surface area (Å²) in [5, 5.41) is 4.28. The Hall–Kier alpha value is -1.20. The van der Waals surface area contributed by atoms with Crippen LogP contribution >= 0.6 is 15.9 Å². The molecule has 0 aliphatic carbocycles. The molecule has 1 heterocycles. The number of rotatable bonds is 5. The number of nitrogens with zero attached hydrogens (tertiary/aromatic N) is 3. The number of benzene rings is 1. The minimum absolute atomic E-state index is 0.0670.